The normalized spacial score (nSPS) is 15.3. The zero-order valence-corrected chi connectivity index (χ0v) is 30.9. The van der Waals surface area contributed by atoms with Crippen molar-refractivity contribution in [2.45, 2.75) is 11.8 Å². The number of thiophene rings is 1. The predicted molar refractivity (Wildman–Crippen MR) is 233 cm³/mol. The fourth-order valence-corrected chi connectivity index (χ4v) is 11.0. The van der Waals surface area contributed by atoms with Gasteiger partial charge in [-0.2, -0.15) is 0 Å². The molecule has 0 spiro atoms. The Balaban J connectivity index is 0.999. The molecule has 0 radical (unpaired) electrons. The SMILES string of the molecule is c1ccc(C2c3ccccc3-c3ccc(-c4ccc5c(c4)C(c4cccc6c(-c7ccc8c(c7)sc7ccccc78)cccc46)c4ccccc4-5)cc32)cc1. The monoisotopic (exact) mass is 714 g/mol. The molecule has 2 unspecified atom stereocenters. The van der Waals surface area contributed by atoms with E-state index in [4.69, 9.17) is 0 Å². The van der Waals surface area contributed by atoms with Crippen LogP contribution in [0, 0.1) is 0 Å². The van der Waals surface area contributed by atoms with Crippen LogP contribution in [0.15, 0.2) is 194 Å². The van der Waals surface area contributed by atoms with Crippen LogP contribution < -0.4 is 0 Å². The highest BCUT2D eigenvalue weighted by Gasteiger charge is 2.33. The Morgan fingerprint density at radius 2 is 0.800 bits per heavy atom. The van der Waals surface area contributed by atoms with Gasteiger partial charge in [0.25, 0.3) is 0 Å². The minimum absolute atomic E-state index is 0.130. The van der Waals surface area contributed by atoms with Crippen molar-refractivity contribution in [2.24, 2.45) is 0 Å². The van der Waals surface area contributed by atoms with Gasteiger partial charge in [-0.05, 0) is 113 Å². The second kappa shape index (κ2) is 12.0. The van der Waals surface area contributed by atoms with Crippen molar-refractivity contribution in [3.8, 4) is 44.5 Å². The molecule has 256 valence electrons. The van der Waals surface area contributed by atoms with Gasteiger partial charge in [-0.15, -0.1) is 11.3 Å². The summed E-state index contributed by atoms with van der Waals surface area (Å²) in [6, 6.07) is 72.9. The molecule has 0 amide bonds. The lowest BCUT2D eigenvalue weighted by atomic mass is 9.84. The van der Waals surface area contributed by atoms with E-state index in [2.05, 4.69) is 194 Å². The van der Waals surface area contributed by atoms with Crippen molar-refractivity contribution in [1.29, 1.82) is 0 Å². The minimum Gasteiger partial charge on any atom is -0.135 e. The Labute approximate surface area is 324 Å². The van der Waals surface area contributed by atoms with Crippen LogP contribution in [0.2, 0.25) is 0 Å². The van der Waals surface area contributed by atoms with E-state index in [1.807, 2.05) is 11.3 Å². The van der Waals surface area contributed by atoms with Crippen LogP contribution in [0.1, 0.15) is 45.2 Å². The molecular formula is C54H34S. The molecule has 1 heteroatoms. The summed E-state index contributed by atoms with van der Waals surface area (Å²) in [7, 11) is 0. The van der Waals surface area contributed by atoms with Crippen molar-refractivity contribution in [2.75, 3.05) is 0 Å². The van der Waals surface area contributed by atoms with E-state index >= 15 is 0 Å². The summed E-state index contributed by atoms with van der Waals surface area (Å²) >= 11 is 1.89. The third-order valence-corrected chi connectivity index (χ3v) is 13.4. The van der Waals surface area contributed by atoms with E-state index in [1.165, 1.54) is 109 Å². The molecule has 0 bridgehead atoms. The highest BCUT2D eigenvalue weighted by molar-refractivity contribution is 7.25. The molecule has 2 aliphatic rings. The fraction of sp³-hybridized carbons (Fsp3) is 0.0370. The van der Waals surface area contributed by atoms with Gasteiger partial charge >= 0.3 is 0 Å². The summed E-state index contributed by atoms with van der Waals surface area (Å²) in [6.07, 6.45) is 0. The Morgan fingerprint density at radius 1 is 0.273 bits per heavy atom. The third kappa shape index (κ3) is 4.64. The molecule has 2 atom stereocenters. The Bertz CT molecular complexity index is 3160. The quantitative estimate of drug-likeness (QED) is 0.170. The van der Waals surface area contributed by atoms with Crippen LogP contribution in [0.4, 0.5) is 0 Å². The van der Waals surface area contributed by atoms with Crippen molar-refractivity contribution < 1.29 is 0 Å². The van der Waals surface area contributed by atoms with Gasteiger partial charge in [0.05, 0.1) is 0 Å². The molecular weight excluding hydrogens is 681 g/mol. The lowest BCUT2D eigenvalue weighted by Gasteiger charge is -2.19. The molecule has 2 aliphatic carbocycles. The Morgan fingerprint density at radius 3 is 1.58 bits per heavy atom. The van der Waals surface area contributed by atoms with Crippen LogP contribution in [-0.2, 0) is 0 Å². The standard InChI is InChI=1S/C54H34S/c1-2-12-33(13-3-1)53-46-17-6-4-14-39(46)42-27-24-34(30-49(42)53)35-25-28-43-40-15-5-7-18-47(40)54(50(43)31-35)48-22-11-20-38-37(19-10-21-41(38)48)36-26-29-45-44-16-8-9-23-51(44)55-52(45)32-36/h1-32,53-54H. The number of benzene rings is 9. The Hall–Kier alpha value is -6.54. The van der Waals surface area contributed by atoms with Gasteiger partial charge in [-0.25, -0.2) is 0 Å². The maximum atomic E-state index is 2.49. The highest BCUT2D eigenvalue weighted by Crippen LogP contribution is 2.52. The first-order valence-corrected chi connectivity index (χ1v) is 20.1. The summed E-state index contributed by atoms with van der Waals surface area (Å²) in [5.74, 6) is 0.356. The summed E-state index contributed by atoms with van der Waals surface area (Å²) in [5.41, 5.74) is 18.7. The van der Waals surface area contributed by atoms with Crippen LogP contribution in [0.3, 0.4) is 0 Å². The number of hydrogen-bond acceptors (Lipinski definition) is 1. The van der Waals surface area contributed by atoms with Crippen LogP contribution in [0.5, 0.6) is 0 Å². The third-order valence-electron chi connectivity index (χ3n) is 12.3. The molecule has 1 heterocycles. The summed E-state index contributed by atoms with van der Waals surface area (Å²) in [4.78, 5) is 0. The van der Waals surface area contributed by atoms with Crippen molar-refractivity contribution in [1.82, 2.24) is 0 Å². The molecule has 0 saturated carbocycles. The van der Waals surface area contributed by atoms with Crippen molar-refractivity contribution >= 4 is 42.3 Å². The van der Waals surface area contributed by atoms with E-state index < -0.39 is 0 Å². The van der Waals surface area contributed by atoms with Gasteiger partial charge in [0.2, 0.25) is 0 Å². The van der Waals surface area contributed by atoms with Crippen molar-refractivity contribution in [3.05, 3.63) is 228 Å². The van der Waals surface area contributed by atoms with Crippen molar-refractivity contribution in [3.63, 3.8) is 0 Å². The van der Waals surface area contributed by atoms with E-state index in [0.717, 1.165) is 0 Å². The molecule has 55 heavy (non-hydrogen) atoms. The van der Waals surface area contributed by atoms with Crippen LogP contribution in [-0.4, -0.2) is 0 Å². The number of hydrogen-bond donors (Lipinski definition) is 0. The molecule has 9 aromatic carbocycles. The van der Waals surface area contributed by atoms with Gasteiger partial charge in [-0.1, -0.05) is 170 Å². The largest absolute Gasteiger partial charge is 0.135 e. The Kier molecular flexibility index (Phi) is 6.73. The second-order valence-electron chi connectivity index (χ2n) is 15.1. The van der Waals surface area contributed by atoms with Gasteiger partial charge in [-0.3, -0.25) is 0 Å². The maximum absolute atomic E-state index is 2.49. The number of rotatable bonds is 4. The van der Waals surface area contributed by atoms with Gasteiger partial charge in [0.1, 0.15) is 0 Å². The first-order valence-electron chi connectivity index (χ1n) is 19.2. The highest BCUT2D eigenvalue weighted by atomic mass is 32.1. The molecule has 0 aliphatic heterocycles. The first kappa shape index (κ1) is 30.9. The van der Waals surface area contributed by atoms with Crippen LogP contribution in [0.25, 0.3) is 75.5 Å². The molecule has 0 nitrogen and oxygen atoms in total. The minimum atomic E-state index is 0.130. The van der Waals surface area contributed by atoms with E-state index in [-0.39, 0.29) is 11.8 Å². The lowest BCUT2D eigenvalue weighted by Crippen LogP contribution is -2.01. The van der Waals surface area contributed by atoms with Gasteiger partial charge < -0.3 is 0 Å². The topological polar surface area (TPSA) is 0 Å². The van der Waals surface area contributed by atoms with E-state index in [9.17, 15) is 0 Å². The first-order chi connectivity index (χ1) is 27.3. The predicted octanol–water partition coefficient (Wildman–Crippen LogP) is 14.9. The molecule has 12 rings (SSSR count). The zero-order valence-electron chi connectivity index (χ0n) is 30.0. The average molecular weight is 715 g/mol. The molecule has 10 aromatic rings. The smallest absolute Gasteiger partial charge is 0.0361 e. The van der Waals surface area contributed by atoms with E-state index in [0.29, 0.717) is 0 Å². The molecule has 0 saturated heterocycles. The zero-order chi connectivity index (χ0) is 36.0. The summed E-state index contributed by atoms with van der Waals surface area (Å²) < 4.78 is 2.68. The summed E-state index contributed by atoms with van der Waals surface area (Å²) in [6.45, 7) is 0. The average Bonchev–Trinajstić information content (AvgIpc) is 3.90. The lowest BCUT2D eigenvalue weighted by molar-refractivity contribution is 1.01. The molecule has 0 fully saturated rings. The molecule has 0 N–H and O–H groups in total. The van der Waals surface area contributed by atoms with E-state index in [1.54, 1.807) is 0 Å². The van der Waals surface area contributed by atoms with Gasteiger partial charge in [0.15, 0.2) is 0 Å². The molecule has 1 aromatic heterocycles. The number of fused-ring (bicyclic) bond motifs is 10. The maximum Gasteiger partial charge on any atom is 0.0361 e. The van der Waals surface area contributed by atoms with Gasteiger partial charge in [0, 0.05) is 32.0 Å². The second-order valence-corrected chi connectivity index (χ2v) is 16.2. The fourth-order valence-electron chi connectivity index (χ4n) is 9.85. The van der Waals surface area contributed by atoms with Crippen LogP contribution >= 0.6 is 11.3 Å². The summed E-state index contributed by atoms with van der Waals surface area (Å²) in [5, 5.41) is 5.29.